The first kappa shape index (κ1) is 12.6. The molecule has 1 aromatic heterocycles. The van der Waals surface area contributed by atoms with Crippen molar-refractivity contribution in [2.24, 2.45) is 5.92 Å². The number of rotatable bonds is 6. The van der Waals surface area contributed by atoms with E-state index in [1.54, 1.807) is 6.20 Å². The van der Waals surface area contributed by atoms with E-state index >= 15 is 0 Å². The number of carbonyl (C=O) groups is 1. The summed E-state index contributed by atoms with van der Waals surface area (Å²) in [7, 11) is 0. The highest BCUT2D eigenvalue weighted by atomic mass is 16.3. The largest absolute Gasteiger partial charge is 0.396 e. The number of nitrogens with one attached hydrogen (secondary N) is 1. The topological polar surface area (TPSA) is 62.2 Å². The molecule has 0 fully saturated rings. The fourth-order valence-corrected chi connectivity index (χ4v) is 1.40. The third kappa shape index (κ3) is 4.40. The summed E-state index contributed by atoms with van der Waals surface area (Å²) in [6.07, 6.45) is 2.89. The van der Waals surface area contributed by atoms with Gasteiger partial charge in [-0.2, -0.15) is 0 Å². The van der Waals surface area contributed by atoms with Crippen molar-refractivity contribution in [3.05, 3.63) is 30.1 Å². The Morgan fingerprint density at radius 3 is 2.94 bits per heavy atom. The number of aliphatic hydroxyl groups excluding tert-OH is 1. The van der Waals surface area contributed by atoms with Gasteiger partial charge in [-0.25, -0.2) is 0 Å². The highest BCUT2D eigenvalue weighted by Gasteiger charge is 2.10. The van der Waals surface area contributed by atoms with Gasteiger partial charge in [0.05, 0.1) is 0 Å². The number of aromatic nitrogens is 1. The highest BCUT2D eigenvalue weighted by Crippen LogP contribution is 2.04. The summed E-state index contributed by atoms with van der Waals surface area (Å²) in [5.74, 6) is 0.0462. The van der Waals surface area contributed by atoms with Crippen molar-refractivity contribution < 1.29 is 9.90 Å². The van der Waals surface area contributed by atoms with E-state index in [1.165, 1.54) is 0 Å². The van der Waals surface area contributed by atoms with E-state index in [9.17, 15) is 9.90 Å². The van der Waals surface area contributed by atoms with E-state index in [0.29, 0.717) is 19.4 Å². The maximum atomic E-state index is 11.1. The van der Waals surface area contributed by atoms with Gasteiger partial charge in [0.2, 0.25) is 5.91 Å². The predicted molar refractivity (Wildman–Crippen MR) is 61.8 cm³/mol. The molecule has 0 aliphatic heterocycles. The second-order valence-electron chi connectivity index (χ2n) is 3.73. The van der Waals surface area contributed by atoms with E-state index in [1.807, 2.05) is 25.1 Å². The van der Waals surface area contributed by atoms with Crippen molar-refractivity contribution in [3.8, 4) is 0 Å². The van der Waals surface area contributed by atoms with E-state index in [-0.39, 0.29) is 18.4 Å². The summed E-state index contributed by atoms with van der Waals surface area (Å²) in [6.45, 7) is 2.36. The van der Waals surface area contributed by atoms with Crippen LogP contribution in [0.5, 0.6) is 0 Å². The maximum Gasteiger partial charge on any atom is 0.219 e. The van der Waals surface area contributed by atoms with Crippen molar-refractivity contribution >= 4 is 5.91 Å². The number of nitrogens with zero attached hydrogens (tertiary/aromatic N) is 1. The Morgan fingerprint density at radius 2 is 2.38 bits per heavy atom. The lowest BCUT2D eigenvalue weighted by atomic mass is 10.0. The monoisotopic (exact) mass is 222 g/mol. The zero-order valence-corrected chi connectivity index (χ0v) is 9.52. The number of carbonyl (C=O) groups excluding carboxylic acids is 1. The van der Waals surface area contributed by atoms with Gasteiger partial charge in [-0.05, 0) is 18.6 Å². The number of amides is 1. The molecule has 0 aromatic carbocycles. The molecule has 16 heavy (non-hydrogen) atoms. The van der Waals surface area contributed by atoms with Crippen molar-refractivity contribution in [1.82, 2.24) is 10.3 Å². The van der Waals surface area contributed by atoms with E-state index in [4.69, 9.17) is 0 Å². The Labute approximate surface area is 95.7 Å². The molecule has 2 N–H and O–H groups in total. The highest BCUT2D eigenvalue weighted by molar-refractivity contribution is 5.75. The van der Waals surface area contributed by atoms with Crippen LogP contribution in [-0.4, -0.2) is 29.1 Å². The standard InChI is InChI=1S/C12H18N2O2/c1-2-12(16)14-8-10(9-15)7-11-5-3-4-6-13-11/h3-6,10,15H,2,7-9H2,1H3,(H,14,16). The smallest absolute Gasteiger partial charge is 0.219 e. The van der Waals surface area contributed by atoms with Gasteiger partial charge in [0, 0.05) is 37.4 Å². The minimum atomic E-state index is 0.0134. The summed E-state index contributed by atoms with van der Waals surface area (Å²) in [5, 5.41) is 12.0. The molecule has 1 amide bonds. The maximum absolute atomic E-state index is 11.1. The molecule has 1 atom stereocenters. The molecule has 1 heterocycles. The van der Waals surface area contributed by atoms with Gasteiger partial charge in [-0.3, -0.25) is 9.78 Å². The van der Waals surface area contributed by atoms with Crippen LogP contribution >= 0.6 is 0 Å². The van der Waals surface area contributed by atoms with Crippen molar-refractivity contribution in [2.75, 3.05) is 13.2 Å². The molecule has 0 radical (unpaired) electrons. The Morgan fingerprint density at radius 1 is 1.56 bits per heavy atom. The van der Waals surface area contributed by atoms with E-state index in [0.717, 1.165) is 5.69 Å². The van der Waals surface area contributed by atoms with Gasteiger partial charge in [0.25, 0.3) is 0 Å². The van der Waals surface area contributed by atoms with E-state index < -0.39 is 0 Å². The number of aliphatic hydroxyl groups is 1. The summed E-state index contributed by atoms with van der Waals surface area (Å²) in [4.78, 5) is 15.3. The van der Waals surface area contributed by atoms with Crippen molar-refractivity contribution in [3.63, 3.8) is 0 Å². The van der Waals surface area contributed by atoms with Crippen LogP contribution in [-0.2, 0) is 11.2 Å². The average Bonchev–Trinajstić information content (AvgIpc) is 2.35. The van der Waals surface area contributed by atoms with E-state index in [2.05, 4.69) is 10.3 Å². The lowest BCUT2D eigenvalue weighted by molar-refractivity contribution is -0.121. The normalized spacial score (nSPS) is 12.1. The first-order valence-corrected chi connectivity index (χ1v) is 5.53. The SMILES string of the molecule is CCC(=O)NCC(CO)Cc1ccccn1. The Bertz CT molecular complexity index is 314. The number of pyridine rings is 1. The number of hydrogen-bond acceptors (Lipinski definition) is 3. The lowest BCUT2D eigenvalue weighted by Gasteiger charge is -2.14. The molecule has 0 spiro atoms. The summed E-state index contributed by atoms with van der Waals surface area (Å²) in [6, 6.07) is 5.70. The quantitative estimate of drug-likeness (QED) is 0.747. The first-order chi connectivity index (χ1) is 7.76. The zero-order valence-electron chi connectivity index (χ0n) is 9.52. The molecule has 0 aliphatic carbocycles. The van der Waals surface area contributed by atoms with Crippen molar-refractivity contribution in [1.29, 1.82) is 0 Å². The molecule has 0 bridgehead atoms. The Kier molecular flexibility index (Phi) is 5.50. The summed E-state index contributed by atoms with van der Waals surface area (Å²) < 4.78 is 0. The molecule has 1 aromatic rings. The van der Waals surface area contributed by atoms with Crippen LogP contribution in [0.15, 0.2) is 24.4 Å². The van der Waals surface area contributed by atoms with Gasteiger partial charge in [-0.15, -0.1) is 0 Å². The molecule has 88 valence electrons. The summed E-state index contributed by atoms with van der Waals surface area (Å²) >= 11 is 0. The zero-order chi connectivity index (χ0) is 11.8. The lowest BCUT2D eigenvalue weighted by Crippen LogP contribution is -2.31. The second kappa shape index (κ2) is 6.95. The third-order valence-corrected chi connectivity index (χ3v) is 2.39. The van der Waals surface area contributed by atoms with Crippen molar-refractivity contribution in [2.45, 2.75) is 19.8 Å². The van der Waals surface area contributed by atoms with Crippen LogP contribution in [0.1, 0.15) is 19.0 Å². The minimum Gasteiger partial charge on any atom is -0.396 e. The minimum absolute atomic E-state index is 0.0134. The molecule has 1 unspecified atom stereocenters. The molecule has 1 rings (SSSR count). The summed E-state index contributed by atoms with van der Waals surface area (Å²) in [5.41, 5.74) is 0.937. The third-order valence-electron chi connectivity index (χ3n) is 2.39. The van der Waals surface area contributed by atoms with Gasteiger partial charge in [0.1, 0.15) is 0 Å². The fourth-order valence-electron chi connectivity index (χ4n) is 1.40. The Balaban J connectivity index is 2.40. The molecule has 4 heteroatoms. The number of hydrogen-bond donors (Lipinski definition) is 2. The molecule has 0 aliphatic rings. The molecular weight excluding hydrogens is 204 g/mol. The molecule has 4 nitrogen and oxygen atoms in total. The van der Waals surface area contributed by atoms with Gasteiger partial charge >= 0.3 is 0 Å². The predicted octanol–water partition coefficient (Wildman–Crippen LogP) is 0.759. The Hall–Kier alpha value is -1.42. The molecular formula is C12H18N2O2. The van der Waals surface area contributed by atoms with Crippen LogP contribution in [0.3, 0.4) is 0 Å². The fraction of sp³-hybridized carbons (Fsp3) is 0.500. The molecule has 0 saturated carbocycles. The van der Waals surface area contributed by atoms with Crippen LogP contribution in [0.25, 0.3) is 0 Å². The van der Waals surface area contributed by atoms with Gasteiger partial charge < -0.3 is 10.4 Å². The average molecular weight is 222 g/mol. The van der Waals surface area contributed by atoms with Crippen LogP contribution in [0, 0.1) is 5.92 Å². The van der Waals surface area contributed by atoms with Crippen LogP contribution < -0.4 is 5.32 Å². The van der Waals surface area contributed by atoms with Crippen LogP contribution in [0.4, 0.5) is 0 Å². The van der Waals surface area contributed by atoms with Gasteiger partial charge in [0.15, 0.2) is 0 Å². The van der Waals surface area contributed by atoms with Gasteiger partial charge in [-0.1, -0.05) is 13.0 Å². The van der Waals surface area contributed by atoms with Crippen LogP contribution in [0.2, 0.25) is 0 Å². The second-order valence-corrected chi connectivity index (χ2v) is 3.73. The molecule has 0 saturated heterocycles. The first-order valence-electron chi connectivity index (χ1n) is 5.53.